The van der Waals surface area contributed by atoms with Crippen molar-refractivity contribution in [2.75, 3.05) is 17.7 Å². The summed E-state index contributed by atoms with van der Waals surface area (Å²) in [5.41, 5.74) is 5.19. The smallest absolute Gasteiger partial charge is 0.240 e. The summed E-state index contributed by atoms with van der Waals surface area (Å²) >= 11 is 1.65. The number of nitrogen functional groups attached to an aromatic ring is 1. The quantitative estimate of drug-likeness (QED) is 0.785. The molecule has 3 N–H and O–H groups in total. The first-order valence-corrected chi connectivity index (χ1v) is 8.31. The van der Waals surface area contributed by atoms with Gasteiger partial charge in [0.05, 0.1) is 10.6 Å². The van der Waals surface area contributed by atoms with Crippen molar-refractivity contribution >= 4 is 27.5 Å². The van der Waals surface area contributed by atoms with Crippen LogP contribution in [0.25, 0.3) is 0 Å². The van der Waals surface area contributed by atoms with Gasteiger partial charge in [0.2, 0.25) is 10.0 Å². The Balaban J connectivity index is 2.83. The number of benzene rings is 1. The number of nitrogens with one attached hydrogen (secondary N) is 1. The first kappa shape index (κ1) is 15.3. The van der Waals surface area contributed by atoms with Crippen molar-refractivity contribution < 1.29 is 12.8 Å². The molecular weight excluding hydrogens is 275 g/mol. The number of hydrogen-bond acceptors (Lipinski definition) is 4. The fourth-order valence-corrected chi connectivity index (χ4v) is 3.28. The molecule has 0 saturated carbocycles. The average molecular weight is 292 g/mol. The van der Waals surface area contributed by atoms with Crippen LogP contribution >= 0.6 is 11.8 Å². The minimum Gasteiger partial charge on any atom is -0.396 e. The monoisotopic (exact) mass is 292 g/mol. The molecule has 0 bridgehead atoms. The van der Waals surface area contributed by atoms with E-state index in [2.05, 4.69) is 4.72 Å². The highest BCUT2D eigenvalue weighted by molar-refractivity contribution is 7.98. The molecule has 0 aliphatic rings. The molecule has 0 aliphatic heterocycles. The Morgan fingerprint density at radius 2 is 2.17 bits per heavy atom. The minimum absolute atomic E-state index is 0.0163. The molecule has 0 aliphatic carbocycles. The Labute approximate surface area is 111 Å². The van der Waals surface area contributed by atoms with Gasteiger partial charge in [0.25, 0.3) is 0 Å². The van der Waals surface area contributed by atoms with E-state index in [1.165, 1.54) is 6.07 Å². The number of anilines is 1. The van der Waals surface area contributed by atoms with Crippen LogP contribution in [0.4, 0.5) is 10.1 Å². The van der Waals surface area contributed by atoms with Gasteiger partial charge in [0, 0.05) is 6.04 Å². The maximum atomic E-state index is 13.0. The van der Waals surface area contributed by atoms with Gasteiger partial charge in [-0.25, -0.2) is 17.5 Å². The predicted octanol–water partition coefficient (Wildman–Crippen LogP) is 1.83. The molecule has 1 unspecified atom stereocenters. The van der Waals surface area contributed by atoms with E-state index >= 15 is 0 Å². The highest BCUT2D eigenvalue weighted by atomic mass is 32.2. The van der Waals surface area contributed by atoms with Crippen LogP contribution in [0.3, 0.4) is 0 Å². The maximum absolute atomic E-state index is 13.0. The predicted molar refractivity (Wildman–Crippen MR) is 73.6 cm³/mol. The maximum Gasteiger partial charge on any atom is 0.240 e. The lowest BCUT2D eigenvalue weighted by atomic mass is 10.3. The van der Waals surface area contributed by atoms with Gasteiger partial charge in [-0.15, -0.1) is 0 Å². The Bertz CT molecular complexity index is 506. The van der Waals surface area contributed by atoms with Gasteiger partial charge >= 0.3 is 0 Å². The second-order valence-corrected chi connectivity index (χ2v) is 6.69. The molecule has 1 aromatic rings. The molecule has 1 aromatic carbocycles. The SMILES string of the molecule is CSCCC(C)NS(=O)(=O)c1ccc(F)c(N)c1. The molecule has 1 rings (SSSR count). The van der Waals surface area contributed by atoms with E-state index in [1.807, 2.05) is 6.26 Å². The number of sulfonamides is 1. The standard InChI is InChI=1S/C11H17FN2O2S2/c1-8(5-6-17-2)14-18(15,16)9-3-4-10(12)11(13)7-9/h3-4,7-8,14H,5-6,13H2,1-2H3. The molecule has 0 heterocycles. The molecule has 0 amide bonds. The largest absolute Gasteiger partial charge is 0.396 e. The van der Waals surface area contributed by atoms with Crippen LogP contribution in [0.5, 0.6) is 0 Å². The molecule has 0 radical (unpaired) electrons. The van der Waals surface area contributed by atoms with Gasteiger partial charge in [-0.2, -0.15) is 11.8 Å². The van der Waals surface area contributed by atoms with Gasteiger partial charge in [0.1, 0.15) is 5.82 Å². The van der Waals surface area contributed by atoms with Gasteiger partial charge < -0.3 is 5.73 Å². The second-order valence-electron chi connectivity index (χ2n) is 3.99. The summed E-state index contributed by atoms with van der Waals surface area (Å²) in [6, 6.07) is 3.21. The normalized spacial score (nSPS) is 13.5. The van der Waals surface area contributed by atoms with E-state index in [-0.39, 0.29) is 16.6 Å². The molecule has 0 spiro atoms. The number of nitrogens with two attached hydrogens (primary N) is 1. The van der Waals surface area contributed by atoms with E-state index in [4.69, 9.17) is 5.73 Å². The van der Waals surface area contributed by atoms with E-state index in [1.54, 1.807) is 18.7 Å². The summed E-state index contributed by atoms with van der Waals surface area (Å²) in [5.74, 6) is 0.249. The highest BCUT2D eigenvalue weighted by Gasteiger charge is 2.18. The molecule has 0 saturated heterocycles. The van der Waals surface area contributed by atoms with Crippen LogP contribution in [-0.4, -0.2) is 26.5 Å². The lowest BCUT2D eigenvalue weighted by Gasteiger charge is -2.14. The Morgan fingerprint density at radius 1 is 1.50 bits per heavy atom. The topological polar surface area (TPSA) is 72.2 Å². The zero-order valence-electron chi connectivity index (χ0n) is 10.3. The number of hydrogen-bond donors (Lipinski definition) is 2. The highest BCUT2D eigenvalue weighted by Crippen LogP contribution is 2.17. The van der Waals surface area contributed by atoms with Crippen LogP contribution in [-0.2, 0) is 10.0 Å². The molecule has 0 aromatic heterocycles. The van der Waals surface area contributed by atoms with Crippen molar-refractivity contribution in [1.82, 2.24) is 4.72 Å². The Hall–Kier alpha value is -0.790. The van der Waals surface area contributed by atoms with Gasteiger partial charge in [0.15, 0.2) is 0 Å². The van der Waals surface area contributed by atoms with Crippen molar-refractivity contribution in [3.8, 4) is 0 Å². The van der Waals surface area contributed by atoms with Crippen molar-refractivity contribution in [3.63, 3.8) is 0 Å². The summed E-state index contributed by atoms with van der Waals surface area (Å²) in [4.78, 5) is -0.0163. The van der Waals surface area contributed by atoms with Crippen LogP contribution in [0.1, 0.15) is 13.3 Å². The molecule has 0 fully saturated rings. The molecule has 1 atom stereocenters. The summed E-state index contributed by atoms with van der Waals surface area (Å²) in [7, 11) is -3.64. The van der Waals surface area contributed by atoms with Crippen molar-refractivity contribution in [2.45, 2.75) is 24.3 Å². The Kier molecular flexibility index (Phi) is 5.43. The molecule has 102 valence electrons. The van der Waals surface area contributed by atoms with Gasteiger partial charge in [-0.05, 0) is 43.6 Å². The van der Waals surface area contributed by atoms with E-state index < -0.39 is 15.8 Å². The van der Waals surface area contributed by atoms with Crippen molar-refractivity contribution in [2.24, 2.45) is 0 Å². The molecule has 18 heavy (non-hydrogen) atoms. The van der Waals surface area contributed by atoms with E-state index in [9.17, 15) is 12.8 Å². The molecule has 7 heteroatoms. The number of thioether (sulfide) groups is 1. The molecular formula is C11H17FN2O2S2. The van der Waals surface area contributed by atoms with E-state index in [0.29, 0.717) is 0 Å². The zero-order valence-corrected chi connectivity index (χ0v) is 11.9. The zero-order chi connectivity index (χ0) is 13.8. The summed E-state index contributed by atoms with van der Waals surface area (Å²) in [6.45, 7) is 1.79. The van der Waals surface area contributed by atoms with Crippen LogP contribution in [0.2, 0.25) is 0 Å². The summed E-state index contributed by atoms with van der Waals surface area (Å²) in [5, 5.41) is 0. The lowest BCUT2D eigenvalue weighted by molar-refractivity contribution is 0.556. The van der Waals surface area contributed by atoms with E-state index in [0.717, 1.165) is 24.3 Å². The fourth-order valence-electron chi connectivity index (χ4n) is 1.38. The van der Waals surface area contributed by atoms with Crippen molar-refractivity contribution in [1.29, 1.82) is 0 Å². The first-order chi connectivity index (χ1) is 8.36. The summed E-state index contributed by atoms with van der Waals surface area (Å²) in [6.07, 6.45) is 2.69. The third kappa shape index (κ3) is 4.15. The fraction of sp³-hybridized carbons (Fsp3) is 0.455. The van der Waals surface area contributed by atoms with Crippen LogP contribution < -0.4 is 10.5 Å². The average Bonchev–Trinajstić information content (AvgIpc) is 2.29. The Morgan fingerprint density at radius 3 is 2.72 bits per heavy atom. The summed E-state index contributed by atoms with van der Waals surface area (Å²) < 4.78 is 39.5. The van der Waals surface area contributed by atoms with Crippen molar-refractivity contribution in [3.05, 3.63) is 24.0 Å². The second kappa shape index (κ2) is 6.40. The third-order valence-electron chi connectivity index (χ3n) is 2.39. The lowest BCUT2D eigenvalue weighted by Crippen LogP contribution is -2.33. The van der Waals surface area contributed by atoms with Gasteiger partial charge in [-0.1, -0.05) is 0 Å². The van der Waals surface area contributed by atoms with Crippen LogP contribution in [0.15, 0.2) is 23.1 Å². The molecule has 4 nitrogen and oxygen atoms in total. The number of rotatable bonds is 6. The minimum atomic E-state index is -3.64. The third-order valence-corrected chi connectivity index (χ3v) is 4.62. The van der Waals surface area contributed by atoms with Gasteiger partial charge in [-0.3, -0.25) is 0 Å². The first-order valence-electron chi connectivity index (χ1n) is 5.43. The number of halogens is 1. The van der Waals surface area contributed by atoms with Crippen LogP contribution in [0, 0.1) is 5.82 Å².